The first kappa shape index (κ1) is 12.0. The third kappa shape index (κ3) is 2.26. The number of ether oxygens (including phenoxy) is 1. The van der Waals surface area contributed by atoms with Crippen LogP contribution >= 0.6 is 15.9 Å². The van der Waals surface area contributed by atoms with Crippen molar-refractivity contribution < 1.29 is 4.74 Å². The van der Waals surface area contributed by atoms with Crippen LogP contribution in [0.5, 0.6) is 5.75 Å². The van der Waals surface area contributed by atoms with Crippen molar-refractivity contribution >= 4 is 33.1 Å². The highest BCUT2D eigenvalue weighted by Crippen LogP contribution is 2.23. The van der Waals surface area contributed by atoms with E-state index in [-0.39, 0.29) is 0 Å². The monoisotopic (exact) mass is 318 g/mol. The zero-order valence-electron chi connectivity index (χ0n) is 10.2. The van der Waals surface area contributed by atoms with Gasteiger partial charge in [-0.1, -0.05) is 6.07 Å². The van der Waals surface area contributed by atoms with E-state index in [4.69, 9.17) is 4.74 Å². The fourth-order valence-corrected chi connectivity index (χ4v) is 2.20. The fourth-order valence-electron chi connectivity index (χ4n) is 1.82. The van der Waals surface area contributed by atoms with Gasteiger partial charge in [0.05, 0.1) is 13.3 Å². The number of hydrogen-bond acceptors (Lipinski definition) is 4. The highest BCUT2D eigenvalue weighted by molar-refractivity contribution is 9.10. The summed E-state index contributed by atoms with van der Waals surface area (Å²) in [4.78, 5) is 8.63. The van der Waals surface area contributed by atoms with Gasteiger partial charge in [-0.15, -0.1) is 0 Å². The molecule has 1 aromatic carbocycles. The molecule has 0 bridgehead atoms. The van der Waals surface area contributed by atoms with Crippen molar-refractivity contribution in [3.63, 3.8) is 0 Å². The lowest BCUT2D eigenvalue weighted by atomic mass is 10.3. The Morgan fingerprint density at radius 2 is 2.21 bits per heavy atom. The minimum Gasteiger partial charge on any atom is -0.497 e. The Morgan fingerprint density at radius 1 is 1.32 bits per heavy atom. The highest BCUT2D eigenvalue weighted by Gasteiger charge is 2.07. The van der Waals surface area contributed by atoms with Gasteiger partial charge in [-0.05, 0) is 28.1 Å². The zero-order chi connectivity index (χ0) is 13.2. The van der Waals surface area contributed by atoms with E-state index in [1.54, 1.807) is 19.5 Å². The zero-order valence-corrected chi connectivity index (χ0v) is 11.8. The van der Waals surface area contributed by atoms with Crippen molar-refractivity contribution in [3.8, 4) is 5.75 Å². The van der Waals surface area contributed by atoms with E-state index in [1.807, 2.05) is 34.9 Å². The number of rotatable bonds is 3. The molecule has 0 atom stereocenters. The lowest BCUT2D eigenvalue weighted by molar-refractivity contribution is 0.415. The summed E-state index contributed by atoms with van der Waals surface area (Å²) in [7, 11) is 1.64. The number of fused-ring (bicyclic) bond motifs is 1. The largest absolute Gasteiger partial charge is 0.497 e. The second-order valence-electron chi connectivity index (χ2n) is 3.91. The average molecular weight is 319 g/mol. The van der Waals surface area contributed by atoms with Crippen LogP contribution in [-0.2, 0) is 0 Å². The molecule has 1 N–H and O–H groups in total. The standard InChI is InChI=1S/C13H11BrN4O/c1-19-10-4-2-3-9(7-10)17-12-13-16-8-11(14)18(13)6-5-15-12/h2-8H,1H3,(H,15,17). The topological polar surface area (TPSA) is 51.5 Å². The van der Waals surface area contributed by atoms with E-state index < -0.39 is 0 Å². The van der Waals surface area contributed by atoms with Gasteiger partial charge in [0.15, 0.2) is 11.5 Å². The summed E-state index contributed by atoms with van der Waals surface area (Å²) in [6, 6.07) is 7.67. The lowest BCUT2D eigenvalue weighted by Gasteiger charge is -2.08. The predicted octanol–water partition coefficient (Wildman–Crippen LogP) is 3.24. The van der Waals surface area contributed by atoms with Gasteiger partial charge in [0, 0.05) is 24.1 Å². The molecule has 96 valence electrons. The number of imidazole rings is 1. The number of benzene rings is 1. The van der Waals surface area contributed by atoms with Gasteiger partial charge < -0.3 is 10.1 Å². The molecule has 5 nitrogen and oxygen atoms in total. The number of nitrogens with one attached hydrogen (secondary N) is 1. The molecule has 6 heteroatoms. The number of halogens is 1. The SMILES string of the molecule is COc1cccc(Nc2nccn3c(Br)cnc23)c1. The number of methoxy groups -OCH3 is 1. The van der Waals surface area contributed by atoms with Crippen LogP contribution in [0.15, 0.2) is 47.5 Å². The number of aromatic nitrogens is 3. The van der Waals surface area contributed by atoms with Gasteiger partial charge in [0.2, 0.25) is 0 Å². The molecule has 2 heterocycles. The molecule has 0 spiro atoms. The predicted molar refractivity (Wildman–Crippen MR) is 77.0 cm³/mol. The molecule has 0 saturated heterocycles. The molecule has 0 radical (unpaired) electrons. The molecule has 0 amide bonds. The van der Waals surface area contributed by atoms with Crippen LogP contribution in [0.1, 0.15) is 0 Å². The highest BCUT2D eigenvalue weighted by atomic mass is 79.9. The molecule has 3 aromatic rings. The fraction of sp³-hybridized carbons (Fsp3) is 0.0769. The summed E-state index contributed by atoms with van der Waals surface area (Å²) >= 11 is 3.43. The van der Waals surface area contributed by atoms with E-state index >= 15 is 0 Å². The number of anilines is 2. The van der Waals surface area contributed by atoms with Crippen LogP contribution in [0.25, 0.3) is 5.65 Å². The quantitative estimate of drug-likeness (QED) is 0.805. The molecule has 3 rings (SSSR count). The molecule has 0 aliphatic carbocycles. The molecule has 0 aliphatic rings. The smallest absolute Gasteiger partial charge is 0.181 e. The molecular formula is C13H11BrN4O. The molecule has 19 heavy (non-hydrogen) atoms. The lowest BCUT2D eigenvalue weighted by Crippen LogP contribution is -1.98. The first-order valence-corrected chi connectivity index (χ1v) is 6.46. The van der Waals surface area contributed by atoms with Crippen molar-refractivity contribution in [1.82, 2.24) is 14.4 Å². The number of nitrogens with zero attached hydrogens (tertiary/aromatic N) is 3. The van der Waals surface area contributed by atoms with Crippen LogP contribution in [-0.4, -0.2) is 21.5 Å². The molecular weight excluding hydrogens is 308 g/mol. The summed E-state index contributed by atoms with van der Waals surface area (Å²) in [5.74, 6) is 1.49. The molecule has 0 aliphatic heterocycles. The van der Waals surface area contributed by atoms with Gasteiger partial charge in [-0.25, -0.2) is 9.97 Å². The maximum Gasteiger partial charge on any atom is 0.181 e. The molecule has 2 aromatic heterocycles. The van der Waals surface area contributed by atoms with Crippen LogP contribution in [0.4, 0.5) is 11.5 Å². The van der Waals surface area contributed by atoms with Crippen LogP contribution < -0.4 is 10.1 Å². The molecule has 0 unspecified atom stereocenters. The summed E-state index contributed by atoms with van der Waals surface area (Å²) < 4.78 is 8.00. The summed E-state index contributed by atoms with van der Waals surface area (Å²) in [5, 5.41) is 3.24. The normalized spacial score (nSPS) is 10.6. The van der Waals surface area contributed by atoms with E-state index in [1.165, 1.54) is 0 Å². The maximum absolute atomic E-state index is 5.20. The summed E-state index contributed by atoms with van der Waals surface area (Å²) in [6.07, 6.45) is 5.32. The molecule has 0 saturated carbocycles. The Morgan fingerprint density at radius 3 is 3.05 bits per heavy atom. The average Bonchev–Trinajstić information content (AvgIpc) is 2.82. The van der Waals surface area contributed by atoms with E-state index in [9.17, 15) is 0 Å². The first-order valence-electron chi connectivity index (χ1n) is 5.66. The van der Waals surface area contributed by atoms with Gasteiger partial charge in [0.25, 0.3) is 0 Å². The Balaban J connectivity index is 2.00. The minimum atomic E-state index is 0.696. The van der Waals surface area contributed by atoms with Gasteiger partial charge >= 0.3 is 0 Å². The van der Waals surface area contributed by atoms with Gasteiger partial charge in [-0.2, -0.15) is 0 Å². The van der Waals surface area contributed by atoms with Crippen molar-refractivity contribution in [2.24, 2.45) is 0 Å². The Bertz CT molecular complexity index is 725. The van der Waals surface area contributed by atoms with Crippen LogP contribution in [0, 0.1) is 0 Å². The third-order valence-corrected chi connectivity index (χ3v) is 3.30. The first-order chi connectivity index (χ1) is 9.28. The Hall–Kier alpha value is -2.08. The maximum atomic E-state index is 5.20. The Kier molecular flexibility index (Phi) is 3.08. The Labute approximate surface area is 118 Å². The van der Waals surface area contributed by atoms with Crippen molar-refractivity contribution in [3.05, 3.63) is 47.5 Å². The van der Waals surface area contributed by atoms with Crippen LogP contribution in [0.2, 0.25) is 0 Å². The summed E-state index contributed by atoms with van der Waals surface area (Å²) in [6.45, 7) is 0. The minimum absolute atomic E-state index is 0.696. The van der Waals surface area contributed by atoms with Gasteiger partial charge in [-0.3, -0.25) is 4.40 Å². The second-order valence-corrected chi connectivity index (χ2v) is 4.72. The van der Waals surface area contributed by atoms with E-state index in [2.05, 4.69) is 31.2 Å². The molecule has 0 fully saturated rings. The van der Waals surface area contributed by atoms with E-state index in [0.29, 0.717) is 5.82 Å². The van der Waals surface area contributed by atoms with E-state index in [0.717, 1.165) is 21.7 Å². The van der Waals surface area contributed by atoms with Crippen molar-refractivity contribution in [2.75, 3.05) is 12.4 Å². The van der Waals surface area contributed by atoms with Gasteiger partial charge in [0.1, 0.15) is 10.4 Å². The number of hydrogen-bond donors (Lipinski definition) is 1. The second kappa shape index (κ2) is 4.89. The van der Waals surface area contributed by atoms with Crippen LogP contribution in [0.3, 0.4) is 0 Å². The van der Waals surface area contributed by atoms with Crippen molar-refractivity contribution in [2.45, 2.75) is 0 Å². The summed E-state index contributed by atoms with van der Waals surface area (Å²) in [5.41, 5.74) is 1.66. The van der Waals surface area contributed by atoms with Crippen molar-refractivity contribution in [1.29, 1.82) is 0 Å². The third-order valence-electron chi connectivity index (χ3n) is 2.72.